The lowest BCUT2D eigenvalue weighted by molar-refractivity contribution is -0.121. The van der Waals surface area contributed by atoms with E-state index in [9.17, 15) is 4.79 Å². The maximum absolute atomic E-state index is 12.4. The van der Waals surface area contributed by atoms with Gasteiger partial charge in [-0.05, 0) is 38.3 Å². The van der Waals surface area contributed by atoms with Crippen LogP contribution < -0.4 is 10.6 Å². The lowest BCUT2D eigenvalue weighted by Crippen LogP contribution is -2.42. The van der Waals surface area contributed by atoms with Crippen molar-refractivity contribution >= 4 is 5.91 Å². The Morgan fingerprint density at radius 2 is 1.82 bits per heavy atom. The van der Waals surface area contributed by atoms with Crippen LogP contribution in [-0.4, -0.2) is 38.3 Å². The molecule has 0 bridgehead atoms. The zero-order valence-corrected chi connectivity index (χ0v) is 18.0. The molecule has 5 heteroatoms. The predicted molar refractivity (Wildman–Crippen MR) is 114 cm³/mol. The highest BCUT2D eigenvalue weighted by Gasteiger charge is 2.22. The first kappa shape index (κ1) is 22.8. The molecule has 5 nitrogen and oxygen atoms in total. The Labute approximate surface area is 171 Å². The summed E-state index contributed by atoms with van der Waals surface area (Å²) in [6.45, 7) is 7.52. The third kappa shape index (κ3) is 8.68. The quantitative estimate of drug-likeness (QED) is 0.425. The van der Waals surface area contributed by atoms with Crippen LogP contribution in [0.2, 0.25) is 0 Å². The molecule has 1 aliphatic heterocycles. The van der Waals surface area contributed by atoms with Gasteiger partial charge in [-0.15, -0.1) is 0 Å². The van der Waals surface area contributed by atoms with E-state index in [-0.39, 0.29) is 11.9 Å². The van der Waals surface area contributed by atoms with Crippen LogP contribution in [0.5, 0.6) is 0 Å². The minimum absolute atomic E-state index is 0.137. The van der Waals surface area contributed by atoms with Crippen molar-refractivity contribution in [3.05, 3.63) is 23.2 Å². The molecule has 0 fully saturated rings. The van der Waals surface area contributed by atoms with Crippen molar-refractivity contribution in [3.8, 4) is 0 Å². The summed E-state index contributed by atoms with van der Waals surface area (Å²) < 4.78 is 11.4. The lowest BCUT2D eigenvalue weighted by Gasteiger charge is -2.27. The molecule has 0 unspecified atom stereocenters. The number of allylic oxidation sites excluding steroid dienone is 2. The first-order chi connectivity index (χ1) is 13.7. The molecule has 160 valence electrons. The maximum atomic E-state index is 12.4. The average molecular weight is 393 g/mol. The number of unbranched alkanes of at least 4 members (excludes halogenated alkanes) is 5. The minimum Gasteiger partial charge on any atom is -0.491 e. The first-order valence-corrected chi connectivity index (χ1v) is 11.4. The van der Waals surface area contributed by atoms with Gasteiger partial charge in [-0.3, -0.25) is 4.79 Å². The van der Waals surface area contributed by atoms with E-state index in [1.54, 1.807) is 0 Å². The van der Waals surface area contributed by atoms with Crippen molar-refractivity contribution in [2.45, 2.75) is 90.5 Å². The summed E-state index contributed by atoms with van der Waals surface area (Å²) in [6.07, 6.45) is 13.8. The summed E-state index contributed by atoms with van der Waals surface area (Å²) >= 11 is 0. The van der Waals surface area contributed by atoms with Gasteiger partial charge in [-0.1, -0.05) is 51.5 Å². The van der Waals surface area contributed by atoms with Gasteiger partial charge in [0.1, 0.15) is 19.0 Å². The van der Waals surface area contributed by atoms with Crippen molar-refractivity contribution < 1.29 is 14.3 Å². The minimum atomic E-state index is 0.137. The number of hydrogen-bond acceptors (Lipinski definition) is 4. The number of rotatable bonds is 14. The van der Waals surface area contributed by atoms with Crippen LogP contribution in [0.25, 0.3) is 0 Å². The molecule has 0 spiro atoms. The molecule has 1 aliphatic carbocycles. The first-order valence-electron chi connectivity index (χ1n) is 11.4. The predicted octanol–water partition coefficient (Wildman–Crippen LogP) is 4.59. The van der Waals surface area contributed by atoms with Gasteiger partial charge < -0.3 is 20.1 Å². The fraction of sp³-hybridized carbons (Fsp3) is 0.783. The molecule has 0 aromatic carbocycles. The molecule has 0 aromatic heterocycles. The molecule has 2 rings (SSSR count). The number of ether oxygens (including phenoxy) is 2. The maximum Gasteiger partial charge on any atom is 0.220 e. The molecule has 0 saturated heterocycles. The second-order valence-corrected chi connectivity index (χ2v) is 7.98. The van der Waals surface area contributed by atoms with Gasteiger partial charge in [0, 0.05) is 25.4 Å². The van der Waals surface area contributed by atoms with Gasteiger partial charge in [0.2, 0.25) is 5.91 Å². The highest BCUT2D eigenvalue weighted by Crippen LogP contribution is 2.30. The highest BCUT2D eigenvalue weighted by atomic mass is 16.6. The number of carbonyl (C=O) groups is 1. The second kappa shape index (κ2) is 13.6. The number of hydrogen-bond donors (Lipinski definition) is 2. The fourth-order valence-corrected chi connectivity index (χ4v) is 3.74. The molecule has 2 N–H and O–H groups in total. The van der Waals surface area contributed by atoms with E-state index in [4.69, 9.17) is 9.47 Å². The van der Waals surface area contributed by atoms with E-state index in [1.807, 2.05) is 0 Å². The molecule has 1 heterocycles. The molecule has 1 amide bonds. The summed E-state index contributed by atoms with van der Waals surface area (Å²) in [5, 5.41) is 6.79. The van der Waals surface area contributed by atoms with Crippen molar-refractivity contribution in [2.24, 2.45) is 0 Å². The summed E-state index contributed by atoms with van der Waals surface area (Å²) in [6, 6.07) is 0.137. The molecular formula is C23H40N2O3. The fourth-order valence-electron chi connectivity index (χ4n) is 3.74. The summed E-state index contributed by atoms with van der Waals surface area (Å²) in [4.78, 5) is 12.4. The van der Waals surface area contributed by atoms with Gasteiger partial charge in [0.25, 0.3) is 0 Å². The molecular weight excluding hydrogens is 352 g/mol. The largest absolute Gasteiger partial charge is 0.491 e. The lowest BCUT2D eigenvalue weighted by atomic mass is 9.95. The molecule has 0 aromatic rings. The van der Waals surface area contributed by atoms with Crippen LogP contribution >= 0.6 is 0 Å². The molecule has 28 heavy (non-hydrogen) atoms. The Kier molecular flexibility index (Phi) is 11.1. The highest BCUT2D eigenvalue weighted by molar-refractivity contribution is 5.76. The van der Waals surface area contributed by atoms with Crippen LogP contribution in [0, 0.1) is 0 Å². The van der Waals surface area contributed by atoms with Crippen molar-refractivity contribution in [1.29, 1.82) is 0 Å². The van der Waals surface area contributed by atoms with Gasteiger partial charge in [0.05, 0.1) is 0 Å². The third-order valence-electron chi connectivity index (χ3n) is 5.38. The molecule has 0 saturated carbocycles. The van der Waals surface area contributed by atoms with E-state index in [0.717, 1.165) is 56.7 Å². The van der Waals surface area contributed by atoms with Crippen molar-refractivity contribution in [3.63, 3.8) is 0 Å². The van der Waals surface area contributed by atoms with Crippen molar-refractivity contribution in [1.82, 2.24) is 10.6 Å². The standard InChI is InChI=1S/C23H40N2O3/c1-3-5-7-8-9-10-23(26)25-20(18-24-13-6-4-2)16-19-11-12-21-22(17-19)28-15-14-27-21/h17,20,24H,3-16,18H2,1-2H3,(H,25,26)/t20-/m0/s1. The normalized spacial score (nSPS) is 17.3. The summed E-state index contributed by atoms with van der Waals surface area (Å²) in [5.74, 6) is 2.07. The summed E-state index contributed by atoms with van der Waals surface area (Å²) in [7, 11) is 0. The zero-order chi connectivity index (χ0) is 20.0. The zero-order valence-electron chi connectivity index (χ0n) is 18.0. The van der Waals surface area contributed by atoms with E-state index < -0.39 is 0 Å². The Bertz CT molecular complexity index is 528. The van der Waals surface area contributed by atoms with Crippen LogP contribution in [0.15, 0.2) is 23.2 Å². The van der Waals surface area contributed by atoms with Crippen LogP contribution in [0.4, 0.5) is 0 Å². The monoisotopic (exact) mass is 392 g/mol. The van der Waals surface area contributed by atoms with E-state index >= 15 is 0 Å². The Morgan fingerprint density at radius 3 is 2.64 bits per heavy atom. The Balaban J connectivity index is 1.83. The molecule has 2 aliphatic rings. The number of amides is 1. The second-order valence-electron chi connectivity index (χ2n) is 7.98. The van der Waals surface area contributed by atoms with Crippen LogP contribution in [-0.2, 0) is 14.3 Å². The van der Waals surface area contributed by atoms with Crippen LogP contribution in [0.3, 0.4) is 0 Å². The topological polar surface area (TPSA) is 59.6 Å². The smallest absolute Gasteiger partial charge is 0.220 e. The van der Waals surface area contributed by atoms with Gasteiger partial charge in [0.15, 0.2) is 5.76 Å². The third-order valence-corrected chi connectivity index (χ3v) is 5.38. The van der Waals surface area contributed by atoms with Crippen molar-refractivity contribution in [2.75, 3.05) is 26.3 Å². The summed E-state index contributed by atoms with van der Waals surface area (Å²) in [5.41, 5.74) is 1.34. The van der Waals surface area contributed by atoms with E-state index in [2.05, 4.69) is 30.6 Å². The van der Waals surface area contributed by atoms with Crippen LogP contribution in [0.1, 0.15) is 84.5 Å². The van der Waals surface area contributed by atoms with Gasteiger partial charge in [-0.2, -0.15) is 0 Å². The van der Waals surface area contributed by atoms with E-state index in [1.165, 1.54) is 37.7 Å². The average Bonchev–Trinajstić information content (AvgIpc) is 2.71. The van der Waals surface area contributed by atoms with Gasteiger partial charge >= 0.3 is 0 Å². The Hall–Kier alpha value is -1.49. The molecule has 0 radical (unpaired) electrons. The molecule has 1 atom stereocenters. The number of nitrogens with one attached hydrogen (secondary N) is 2. The van der Waals surface area contributed by atoms with E-state index in [0.29, 0.717) is 19.6 Å². The van der Waals surface area contributed by atoms with Gasteiger partial charge in [-0.25, -0.2) is 0 Å². The SMILES string of the molecule is CCCCCCCC(=O)N[C@H](CNCCCC)CC1=CC2=C(CC1)OCCO2. The number of carbonyl (C=O) groups excluding carboxylic acids is 1. The Morgan fingerprint density at radius 1 is 1.04 bits per heavy atom.